The quantitative estimate of drug-likeness (QED) is 0.814. The van der Waals surface area contributed by atoms with Gasteiger partial charge >= 0.3 is 0 Å². The lowest BCUT2D eigenvalue weighted by Crippen LogP contribution is -2.33. The molecule has 1 aromatic rings. The van der Waals surface area contributed by atoms with E-state index in [1.54, 1.807) is 6.26 Å². The lowest BCUT2D eigenvalue weighted by Gasteiger charge is -2.17. The molecule has 1 saturated heterocycles. The van der Waals surface area contributed by atoms with Crippen LogP contribution in [0.15, 0.2) is 22.8 Å². The van der Waals surface area contributed by atoms with Crippen molar-refractivity contribution < 1.29 is 9.21 Å². The Balaban J connectivity index is 1.77. The minimum absolute atomic E-state index is 0.233. The van der Waals surface area contributed by atoms with Crippen molar-refractivity contribution in [3.05, 3.63) is 24.2 Å². The van der Waals surface area contributed by atoms with E-state index in [2.05, 4.69) is 10.2 Å². The van der Waals surface area contributed by atoms with Gasteiger partial charge in [-0.05, 0) is 31.6 Å². The Kier molecular flexibility index (Phi) is 4.13. The van der Waals surface area contributed by atoms with Crippen LogP contribution in [0.25, 0.3) is 0 Å². The molecule has 4 heteroatoms. The SMILES string of the molecule is O=C(Cc1ccco1)CN1CCCNCC1. The molecule has 1 aromatic heterocycles. The highest BCUT2D eigenvalue weighted by Gasteiger charge is 2.13. The second-order valence-electron chi connectivity index (χ2n) is 4.17. The fraction of sp³-hybridized carbons (Fsp3) is 0.583. The predicted octanol–water partition coefficient (Wildman–Crippen LogP) is 0.686. The standard InChI is InChI=1S/C12H18N2O2/c15-11(9-12-3-1-8-16-12)10-14-6-2-4-13-5-7-14/h1,3,8,13H,2,4-7,9-10H2. The topological polar surface area (TPSA) is 45.5 Å². The van der Waals surface area contributed by atoms with E-state index in [0.717, 1.165) is 38.4 Å². The van der Waals surface area contributed by atoms with Gasteiger partial charge in [0.1, 0.15) is 5.76 Å². The van der Waals surface area contributed by atoms with Crippen molar-refractivity contribution >= 4 is 5.78 Å². The number of rotatable bonds is 4. The van der Waals surface area contributed by atoms with Crippen molar-refractivity contribution in [2.45, 2.75) is 12.8 Å². The van der Waals surface area contributed by atoms with Gasteiger partial charge < -0.3 is 9.73 Å². The van der Waals surface area contributed by atoms with E-state index in [0.29, 0.717) is 13.0 Å². The van der Waals surface area contributed by atoms with Gasteiger partial charge in [0, 0.05) is 13.1 Å². The van der Waals surface area contributed by atoms with Gasteiger partial charge in [-0.2, -0.15) is 0 Å². The third kappa shape index (κ3) is 3.47. The second-order valence-corrected chi connectivity index (χ2v) is 4.17. The summed E-state index contributed by atoms with van der Waals surface area (Å²) in [6.45, 7) is 4.56. The number of carbonyl (C=O) groups excluding carboxylic acids is 1. The lowest BCUT2D eigenvalue weighted by atomic mass is 10.2. The number of ketones is 1. The first-order valence-corrected chi connectivity index (χ1v) is 5.82. The monoisotopic (exact) mass is 222 g/mol. The lowest BCUT2D eigenvalue weighted by molar-refractivity contribution is -0.119. The van der Waals surface area contributed by atoms with Crippen molar-refractivity contribution in [3.63, 3.8) is 0 Å². The second kappa shape index (κ2) is 5.82. The summed E-state index contributed by atoms with van der Waals surface area (Å²) in [6, 6.07) is 3.67. The molecule has 88 valence electrons. The molecule has 4 nitrogen and oxygen atoms in total. The van der Waals surface area contributed by atoms with Crippen LogP contribution in [0.2, 0.25) is 0 Å². The minimum atomic E-state index is 0.233. The van der Waals surface area contributed by atoms with Crippen LogP contribution >= 0.6 is 0 Å². The molecule has 0 aliphatic carbocycles. The third-order valence-corrected chi connectivity index (χ3v) is 2.78. The van der Waals surface area contributed by atoms with Crippen LogP contribution in [0.3, 0.4) is 0 Å². The number of hydrogen-bond donors (Lipinski definition) is 1. The molecule has 0 spiro atoms. The minimum Gasteiger partial charge on any atom is -0.469 e. The number of hydrogen-bond acceptors (Lipinski definition) is 4. The molecule has 16 heavy (non-hydrogen) atoms. The normalized spacial score (nSPS) is 18.2. The van der Waals surface area contributed by atoms with Gasteiger partial charge in [0.2, 0.25) is 0 Å². The van der Waals surface area contributed by atoms with Crippen LogP contribution in [0.5, 0.6) is 0 Å². The van der Waals surface area contributed by atoms with Gasteiger partial charge in [-0.15, -0.1) is 0 Å². The van der Waals surface area contributed by atoms with Gasteiger partial charge in [-0.3, -0.25) is 9.69 Å². The number of furan rings is 1. The van der Waals surface area contributed by atoms with Crippen LogP contribution in [0.4, 0.5) is 0 Å². The molecule has 1 aliphatic rings. The number of nitrogens with zero attached hydrogens (tertiary/aromatic N) is 1. The Morgan fingerprint density at radius 2 is 2.38 bits per heavy atom. The van der Waals surface area contributed by atoms with E-state index in [1.807, 2.05) is 12.1 Å². The zero-order valence-electron chi connectivity index (χ0n) is 9.45. The fourth-order valence-electron chi connectivity index (χ4n) is 1.97. The summed E-state index contributed by atoms with van der Waals surface area (Å²) in [5.74, 6) is 0.995. The summed E-state index contributed by atoms with van der Waals surface area (Å²) in [7, 11) is 0. The number of nitrogens with one attached hydrogen (secondary N) is 1. The predicted molar refractivity (Wildman–Crippen MR) is 61.3 cm³/mol. The van der Waals surface area contributed by atoms with E-state index in [9.17, 15) is 4.79 Å². The van der Waals surface area contributed by atoms with E-state index in [1.165, 1.54) is 0 Å². The molecule has 0 atom stereocenters. The molecule has 1 fully saturated rings. The van der Waals surface area contributed by atoms with Crippen LogP contribution < -0.4 is 5.32 Å². The van der Waals surface area contributed by atoms with Gasteiger partial charge in [0.15, 0.2) is 5.78 Å². The Morgan fingerprint density at radius 1 is 1.44 bits per heavy atom. The van der Waals surface area contributed by atoms with Crippen LogP contribution in [0.1, 0.15) is 12.2 Å². The van der Waals surface area contributed by atoms with E-state index < -0.39 is 0 Å². The zero-order chi connectivity index (χ0) is 11.2. The molecule has 2 rings (SSSR count). The van der Waals surface area contributed by atoms with E-state index in [-0.39, 0.29) is 5.78 Å². The highest BCUT2D eigenvalue weighted by atomic mass is 16.3. The van der Waals surface area contributed by atoms with E-state index in [4.69, 9.17) is 4.42 Å². The molecule has 0 amide bonds. The highest BCUT2D eigenvalue weighted by molar-refractivity contribution is 5.82. The molecule has 0 radical (unpaired) electrons. The molecule has 0 bridgehead atoms. The van der Waals surface area contributed by atoms with Crippen LogP contribution in [-0.4, -0.2) is 43.4 Å². The van der Waals surface area contributed by atoms with Crippen molar-refractivity contribution in [2.24, 2.45) is 0 Å². The van der Waals surface area contributed by atoms with Crippen LogP contribution in [0, 0.1) is 0 Å². The van der Waals surface area contributed by atoms with Crippen molar-refractivity contribution in [1.82, 2.24) is 10.2 Å². The van der Waals surface area contributed by atoms with E-state index >= 15 is 0 Å². The smallest absolute Gasteiger partial charge is 0.154 e. The zero-order valence-corrected chi connectivity index (χ0v) is 9.45. The molecule has 0 aromatic carbocycles. The Morgan fingerprint density at radius 3 is 3.19 bits per heavy atom. The number of Topliss-reactive ketones (excluding diaryl/α,β-unsaturated/α-hetero) is 1. The average Bonchev–Trinajstić information content (AvgIpc) is 2.62. The third-order valence-electron chi connectivity index (χ3n) is 2.78. The summed E-state index contributed by atoms with van der Waals surface area (Å²) < 4.78 is 5.17. The van der Waals surface area contributed by atoms with Crippen molar-refractivity contribution in [1.29, 1.82) is 0 Å². The summed E-state index contributed by atoms with van der Waals surface area (Å²) >= 11 is 0. The first kappa shape index (κ1) is 11.4. The molecule has 1 aliphatic heterocycles. The molecule has 0 saturated carbocycles. The first-order chi connectivity index (χ1) is 7.84. The molecule has 0 unspecified atom stereocenters. The summed E-state index contributed by atoms with van der Waals surface area (Å²) in [5, 5.41) is 3.32. The molecule has 2 heterocycles. The number of carbonyl (C=O) groups is 1. The Bertz CT molecular complexity index is 314. The Labute approximate surface area is 95.6 Å². The maximum Gasteiger partial charge on any atom is 0.154 e. The van der Waals surface area contributed by atoms with Crippen molar-refractivity contribution in [3.8, 4) is 0 Å². The first-order valence-electron chi connectivity index (χ1n) is 5.82. The Hall–Kier alpha value is -1.13. The molecular formula is C12H18N2O2. The van der Waals surface area contributed by atoms with Gasteiger partial charge in [-0.1, -0.05) is 0 Å². The van der Waals surface area contributed by atoms with Gasteiger partial charge in [0.25, 0.3) is 0 Å². The van der Waals surface area contributed by atoms with Gasteiger partial charge in [-0.25, -0.2) is 0 Å². The highest BCUT2D eigenvalue weighted by Crippen LogP contribution is 2.03. The summed E-state index contributed by atoms with van der Waals surface area (Å²) in [6.07, 6.45) is 3.14. The largest absolute Gasteiger partial charge is 0.469 e. The maximum absolute atomic E-state index is 11.8. The van der Waals surface area contributed by atoms with Gasteiger partial charge in [0.05, 0.1) is 19.2 Å². The summed E-state index contributed by atoms with van der Waals surface area (Å²) in [4.78, 5) is 14.0. The molecular weight excluding hydrogens is 204 g/mol. The average molecular weight is 222 g/mol. The van der Waals surface area contributed by atoms with Crippen LogP contribution in [-0.2, 0) is 11.2 Å². The maximum atomic E-state index is 11.8. The molecule has 1 N–H and O–H groups in total. The fourth-order valence-corrected chi connectivity index (χ4v) is 1.97. The van der Waals surface area contributed by atoms with Crippen molar-refractivity contribution in [2.75, 3.05) is 32.7 Å². The summed E-state index contributed by atoms with van der Waals surface area (Å²) in [5.41, 5.74) is 0.